The van der Waals surface area contributed by atoms with Crippen molar-refractivity contribution in [2.24, 2.45) is 5.92 Å². The smallest absolute Gasteiger partial charge is 0.333 e. The lowest BCUT2D eigenvalue weighted by Gasteiger charge is -2.34. The predicted octanol–water partition coefficient (Wildman–Crippen LogP) is 0.00900. The molecule has 8 heteroatoms. The second-order valence-corrected chi connectivity index (χ2v) is 7.00. The highest BCUT2D eigenvalue weighted by atomic mass is 16.2. The number of piperazine rings is 1. The molecule has 26 heavy (non-hydrogen) atoms. The maximum atomic E-state index is 13.2. The third-order valence-corrected chi connectivity index (χ3v) is 5.46. The van der Waals surface area contributed by atoms with Gasteiger partial charge < -0.3 is 9.80 Å². The minimum absolute atomic E-state index is 0.0487. The molecule has 3 heterocycles. The first kappa shape index (κ1) is 18.6. The molecule has 0 N–H and O–H groups in total. The fraction of sp³-hybridized carbons (Fsp3) is 0.667. The summed E-state index contributed by atoms with van der Waals surface area (Å²) in [5.41, 5.74) is 0.528. The van der Waals surface area contributed by atoms with Gasteiger partial charge in [0.1, 0.15) is 0 Å². The summed E-state index contributed by atoms with van der Waals surface area (Å²) >= 11 is 0. The van der Waals surface area contributed by atoms with Crippen LogP contribution in [0.15, 0.2) is 11.8 Å². The third-order valence-electron chi connectivity index (χ3n) is 5.46. The molecule has 3 aliphatic rings. The number of likely N-dealkylation sites (N-methyl/N-ethyl adjacent to an activating group) is 1. The van der Waals surface area contributed by atoms with Crippen LogP contribution < -0.4 is 0 Å². The second-order valence-electron chi connectivity index (χ2n) is 7.00. The van der Waals surface area contributed by atoms with E-state index in [1.807, 2.05) is 16.4 Å². The number of amidine groups is 1. The van der Waals surface area contributed by atoms with Gasteiger partial charge in [-0.05, 0) is 19.0 Å². The van der Waals surface area contributed by atoms with Gasteiger partial charge in [-0.1, -0.05) is 13.8 Å². The number of rotatable bonds is 4. The van der Waals surface area contributed by atoms with Crippen LogP contribution in [0.4, 0.5) is 4.79 Å². The number of imide groups is 1. The summed E-state index contributed by atoms with van der Waals surface area (Å²) in [4.78, 5) is 44.9. The molecule has 0 spiro atoms. The highest BCUT2D eigenvalue weighted by Crippen LogP contribution is 2.27. The Kier molecular flexibility index (Phi) is 5.13. The average molecular weight is 362 g/mol. The van der Waals surface area contributed by atoms with E-state index >= 15 is 0 Å². The molecule has 1 atom stereocenters. The van der Waals surface area contributed by atoms with Gasteiger partial charge in [-0.25, -0.2) is 14.3 Å². The van der Waals surface area contributed by atoms with Crippen LogP contribution in [0.3, 0.4) is 0 Å². The van der Waals surface area contributed by atoms with E-state index in [1.165, 1.54) is 11.9 Å². The van der Waals surface area contributed by atoms with E-state index in [2.05, 4.69) is 11.8 Å². The first-order valence-corrected chi connectivity index (χ1v) is 9.33. The number of hydrogen-bond acceptors (Lipinski definition) is 4. The highest BCUT2D eigenvalue weighted by Gasteiger charge is 2.52. The van der Waals surface area contributed by atoms with Gasteiger partial charge in [0.05, 0.1) is 13.6 Å². The average Bonchev–Trinajstić information content (AvgIpc) is 3.04. The van der Waals surface area contributed by atoms with Gasteiger partial charge in [0.15, 0.2) is 11.6 Å². The molecule has 8 nitrogen and oxygen atoms in total. The summed E-state index contributed by atoms with van der Waals surface area (Å²) in [6.07, 6.45) is 2.55. The van der Waals surface area contributed by atoms with Crippen molar-refractivity contribution >= 4 is 23.7 Å². The van der Waals surface area contributed by atoms with Gasteiger partial charge >= 0.3 is 6.03 Å². The number of carbonyl (C=O) groups is 3. The third kappa shape index (κ3) is 2.92. The minimum atomic E-state index is -0.565. The summed E-state index contributed by atoms with van der Waals surface area (Å²) in [7, 11) is 3.15. The van der Waals surface area contributed by atoms with Gasteiger partial charge in [0, 0.05) is 33.2 Å². The van der Waals surface area contributed by atoms with Gasteiger partial charge in [0.2, 0.25) is 0 Å². The van der Waals surface area contributed by atoms with Crippen molar-refractivity contribution in [3.8, 4) is 0 Å². The zero-order valence-electron chi connectivity index (χ0n) is 16.1. The molecule has 3 rings (SSSR count). The molecule has 0 aliphatic carbocycles. The van der Waals surface area contributed by atoms with E-state index in [0.717, 1.165) is 31.0 Å². The number of fused-ring (bicyclic) bond motifs is 1. The Labute approximate surface area is 154 Å². The van der Waals surface area contributed by atoms with Crippen LogP contribution in [0.5, 0.6) is 0 Å². The Morgan fingerprint density at radius 1 is 1.12 bits per heavy atom. The van der Waals surface area contributed by atoms with Crippen LogP contribution >= 0.6 is 0 Å². The van der Waals surface area contributed by atoms with Crippen molar-refractivity contribution in [1.29, 1.82) is 0 Å². The Morgan fingerprint density at radius 3 is 2.35 bits per heavy atom. The molecule has 3 aliphatic heterocycles. The lowest BCUT2D eigenvalue weighted by atomic mass is 10.0. The van der Waals surface area contributed by atoms with E-state index in [0.29, 0.717) is 31.2 Å². The maximum Gasteiger partial charge on any atom is 0.417 e. The van der Waals surface area contributed by atoms with Crippen molar-refractivity contribution in [2.45, 2.75) is 20.3 Å². The maximum absolute atomic E-state index is 13.2. The molecule has 0 saturated carbocycles. The van der Waals surface area contributed by atoms with Gasteiger partial charge in [-0.3, -0.25) is 9.59 Å². The van der Waals surface area contributed by atoms with Crippen LogP contribution in [0, 0.1) is 5.92 Å². The Hall–Kier alpha value is -2.22. The zero-order valence-corrected chi connectivity index (χ0v) is 16.1. The summed E-state index contributed by atoms with van der Waals surface area (Å²) in [5.74, 6) is -0.282. The lowest BCUT2D eigenvalue weighted by Crippen LogP contribution is -2.57. The predicted molar refractivity (Wildman–Crippen MR) is 96.6 cm³/mol. The van der Waals surface area contributed by atoms with E-state index < -0.39 is 5.92 Å². The molecular weight excluding hydrogens is 334 g/mol. The Balaban J connectivity index is 1.91. The summed E-state index contributed by atoms with van der Waals surface area (Å²) in [6.45, 7) is 8.84. The Morgan fingerprint density at radius 2 is 1.77 bits per heavy atom. The lowest BCUT2D eigenvalue weighted by molar-refractivity contribution is -0.474. The van der Waals surface area contributed by atoms with Crippen molar-refractivity contribution in [3.05, 3.63) is 11.8 Å². The number of hydrogen-bond donors (Lipinski definition) is 0. The molecule has 0 radical (unpaired) electrons. The van der Waals surface area contributed by atoms with Gasteiger partial charge in [-0.15, -0.1) is 0 Å². The first-order chi connectivity index (χ1) is 12.4. The molecule has 0 bridgehead atoms. The quantitative estimate of drug-likeness (QED) is 0.661. The second kappa shape index (κ2) is 7.19. The van der Waals surface area contributed by atoms with E-state index in [9.17, 15) is 14.4 Å². The number of urea groups is 1. The molecule has 2 saturated heterocycles. The van der Waals surface area contributed by atoms with Gasteiger partial charge in [0.25, 0.3) is 17.6 Å². The summed E-state index contributed by atoms with van der Waals surface area (Å²) in [6, 6.07) is -0.360. The van der Waals surface area contributed by atoms with E-state index in [1.54, 1.807) is 13.1 Å². The molecule has 4 amide bonds. The van der Waals surface area contributed by atoms with Crippen molar-refractivity contribution in [1.82, 2.24) is 19.6 Å². The minimum Gasteiger partial charge on any atom is -0.333 e. The van der Waals surface area contributed by atoms with Crippen molar-refractivity contribution in [2.75, 3.05) is 53.4 Å². The molecular formula is C18H28N5O3+. The van der Waals surface area contributed by atoms with Crippen LogP contribution in [-0.2, 0) is 9.59 Å². The molecule has 142 valence electrons. The normalized spacial score (nSPS) is 24.4. The summed E-state index contributed by atoms with van der Waals surface area (Å²) < 4.78 is 1.86. The van der Waals surface area contributed by atoms with Crippen LogP contribution in [-0.4, -0.2) is 101 Å². The molecule has 0 aromatic rings. The van der Waals surface area contributed by atoms with Crippen LogP contribution in [0.2, 0.25) is 0 Å². The molecule has 0 aromatic heterocycles. The topological polar surface area (TPSA) is 67.2 Å². The zero-order chi connectivity index (χ0) is 19.0. The van der Waals surface area contributed by atoms with Crippen LogP contribution in [0.1, 0.15) is 20.3 Å². The number of amides is 4. The summed E-state index contributed by atoms with van der Waals surface area (Å²) in [5, 5.41) is 0. The highest BCUT2D eigenvalue weighted by molar-refractivity contribution is 6.19. The largest absolute Gasteiger partial charge is 0.417 e. The first-order valence-electron chi connectivity index (χ1n) is 9.33. The van der Waals surface area contributed by atoms with Crippen molar-refractivity contribution in [3.63, 3.8) is 0 Å². The Bertz CT molecular complexity index is 691. The molecule has 1 unspecified atom stereocenters. The standard InChI is InChI=1S/C18H28N5O3/c1-5-7-23-14(17(25)22-10-8-21(6-2)9-11-22)12-13-15(23)19(3)18(26)20(4)16(13)24/h12-13H,5-11H2,1-4H3/q+1. The fourth-order valence-electron chi connectivity index (χ4n) is 3.89. The number of nitrogens with zero attached hydrogens (tertiary/aromatic N) is 5. The number of carbonyl (C=O) groups excluding carboxylic acids is 3. The van der Waals surface area contributed by atoms with Crippen molar-refractivity contribution < 1.29 is 19.0 Å². The monoisotopic (exact) mass is 362 g/mol. The van der Waals surface area contributed by atoms with E-state index in [-0.39, 0.29) is 17.8 Å². The SMILES string of the molecule is CCC[N+]1=C2C(C=C1C(=O)N1CCN(CC)CC1)C(=O)N(C)C(=O)N2C. The van der Waals surface area contributed by atoms with Crippen LogP contribution in [0.25, 0.3) is 0 Å². The van der Waals surface area contributed by atoms with E-state index in [4.69, 9.17) is 0 Å². The van der Waals surface area contributed by atoms with Gasteiger partial charge in [-0.2, -0.15) is 4.90 Å². The fourth-order valence-corrected chi connectivity index (χ4v) is 3.89. The molecule has 0 aromatic carbocycles. The molecule has 2 fully saturated rings.